The van der Waals surface area contributed by atoms with Crippen molar-refractivity contribution in [1.29, 1.82) is 0 Å². The number of nitrogens with one attached hydrogen (secondary N) is 1. The summed E-state index contributed by atoms with van der Waals surface area (Å²) in [6.45, 7) is 4.53. The van der Waals surface area contributed by atoms with Gasteiger partial charge in [0.15, 0.2) is 11.5 Å². The Balaban J connectivity index is 1.87. The predicted octanol–water partition coefficient (Wildman–Crippen LogP) is 6.19. The molecule has 0 amide bonds. The average molecular weight is 511 g/mol. The molecule has 0 spiro atoms. The van der Waals surface area contributed by atoms with Gasteiger partial charge in [-0.1, -0.05) is 41.4 Å². The molecule has 3 aromatic rings. The molecule has 1 N–H and O–H groups in total. The zero-order valence-corrected chi connectivity index (χ0v) is 19.6. The van der Waals surface area contributed by atoms with Gasteiger partial charge in [-0.25, -0.2) is 0 Å². The van der Waals surface area contributed by atoms with Crippen LogP contribution in [0.4, 0.5) is 5.69 Å². The van der Waals surface area contributed by atoms with E-state index >= 15 is 0 Å². The van der Waals surface area contributed by atoms with Crippen molar-refractivity contribution in [2.45, 2.75) is 25.3 Å². The normalized spacial score (nSPS) is 11.2. The van der Waals surface area contributed by atoms with Crippen LogP contribution < -0.4 is 14.2 Å². The molecule has 0 bridgehead atoms. The minimum absolute atomic E-state index is 0.0758. The Kier molecular flexibility index (Phi) is 7.28. The predicted molar refractivity (Wildman–Crippen MR) is 123 cm³/mol. The van der Waals surface area contributed by atoms with Gasteiger partial charge >= 0.3 is 10.1 Å². The minimum atomic E-state index is -4.01. The second-order valence-electron chi connectivity index (χ2n) is 6.52. The Morgan fingerprint density at radius 3 is 2.43 bits per heavy atom. The molecule has 0 aliphatic rings. The third kappa shape index (κ3) is 5.47. The van der Waals surface area contributed by atoms with E-state index in [2.05, 4.69) is 21.2 Å². The second-order valence-corrected chi connectivity index (χ2v) is 9.33. The van der Waals surface area contributed by atoms with Gasteiger partial charge in [0.25, 0.3) is 0 Å². The van der Waals surface area contributed by atoms with Gasteiger partial charge < -0.3 is 14.2 Å². The molecule has 0 aromatic heterocycles. The van der Waals surface area contributed by atoms with Gasteiger partial charge in [0.05, 0.1) is 21.8 Å². The Hall–Kier alpha value is -2.22. The summed E-state index contributed by atoms with van der Waals surface area (Å²) < 4.78 is 37.0. The summed E-state index contributed by atoms with van der Waals surface area (Å²) >= 11 is 9.61. The highest BCUT2D eigenvalue weighted by Gasteiger charge is 2.22. The number of rotatable bonds is 8. The Morgan fingerprint density at radius 2 is 1.77 bits per heavy atom. The third-order valence-corrected chi connectivity index (χ3v) is 6.38. The number of halogens is 2. The summed E-state index contributed by atoms with van der Waals surface area (Å²) in [4.78, 5) is 0.0758. The molecule has 8 heteroatoms. The number of hydrogen-bond acceptors (Lipinski definition) is 5. The summed E-state index contributed by atoms with van der Waals surface area (Å²) in [7, 11) is -4.01. The van der Waals surface area contributed by atoms with E-state index in [1.54, 1.807) is 30.3 Å². The molecule has 0 radical (unpaired) electrons. The van der Waals surface area contributed by atoms with Crippen molar-refractivity contribution in [2.75, 3.05) is 11.9 Å². The van der Waals surface area contributed by atoms with Crippen molar-refractivity contribution in [3.8, 4) is 11.5 Å². The number of ether oxygens (including phenoxy) is 1. The van der Waals surface area contributed by atoms with Crippen LogP contribution in [-0.4, -0.2) is 15.0 Å². The van der Waals surface area contributed by atoms with Gasteiger partial charge in [0, 0.05) is 6.54 Å². The summed E-state index contributed by atoms with van der Waals surface area (Å²) in [5.41, 5.74) is 2.63. The molecule has 0 fully saturated rings. The van der Waals surface area contributed by atoms with Crippen molar-refractivity contribution in [3.63, 3.8) is 0 Å². The van der Waals surface area contributed by atoms with Crippen molar-refractivity contribution >= 4 is 43.3 Å². The zero-order valence-electron chi connectivity index (χ0n) is 16.5. The lowest BCUT2D eigenvalue weighted by Crippen LogP contribution is -2.12. The maximum atomic E-state index is 12.7. The van der Waals surface area contributed by atoms with E-state index in [-0.39, 0.29) is 10.6 Å². The smallest absolute Gasteiger partial charge is 0.339 e. The lowest BCUT2D eigenvalue weighted by atomic mass is 10.2. The molecule has 158 valence electrons. The molecule has 3 rings (SSSR count). The molecule has 0 saturated carbocycles. The maximum absolute atomic E-state index is 12.7. The van der Waals surface area contributed by atoms with Crippen LogP contribution in [0.2, 0.25) is 5.02 Å². The number of anilines is 1. The second kappa shape index (κ2) is 9.73. The molecule has 0 aliphatic heterocycles. The van der Waals surface area contributed by atoms with E-state index in [1.807, 2.05) is 32.0 Å². The zero-order chi connectivity index (χ0) is 21.7. The van der Waals surface area contributed by atoms with Gasteiger partial charge in [-0.15, -0.1) is 0 Å². The molecular formula is C22H21BrClNO4S. The quantitative estimate of drug-likeness (QED) is 0.366. The van der Waals surface area contributed by atoms with Gasteiger partial charge in [-0.2, -0.15) is 8.42 Å². The number of hydrogen-bond donors (Lipinski definition) is 1. The van der Waals surface area contributed by atoms with E-state index < -0.39 is 10.1 Å². The molecular weight excluding hydrogens is 490 g/mol. The monoisotopic (exact) mass is 509 g/mol. The highest BCUT2D eigenvalue weighted by atomic mass is 79.9. The molecule has 5 nitrogen and oxygen atoms in total. The van der Waals surface area contributed by atoms with Gasteiger partial charge in [-0.3, -0.25) is 0 Å². The Morgan fingerprint density at radius 1 is 1.07 bits per heavy atom. The summed E-state index contributed by atoms with van der Waals surface area (Å²) in [6.07, 6.45) is 0. The fourth-order valence-corrected chi connectivity index (χ4v) is 4.57. The number of aryl methyl sites for hydroxylation is 1. The Bertz CT molecular complexity index is 1130. The van der Waals surface area contributed by atoms with E-state index in [0.717, 1.165) is 16.8 Å². The number of benzene rings is 3. The summed E-state index contributed by atoms with van der Waals surface area (Å²) in [6, 6.07) is 17.4. The highest BCUT2D eigenvalue weighted by molar-refractivity contribution is 9.10. The molecule has 0 aliphatic carbocycles. The molecule has 0 atom stereocenters. The van der Waals surface area contributed by atoms with Crippen LogP contribution in [0.15, 0.2) is 70.0 Å². The van der Waals surface area contributed by atoms with Crippen molar-refractivity contribution < 1.29 is 17.3 Å². The van der Waals surface area contributed by atoms with Crippen molar-refractivity contribution in [3.05, 3.63) is 81.3 Å². The first-order valence-corrected chi connectivity index (χ1v) is 11.8. The van der Waals surface area contributed by atoms with Crippen LogP contribution in [0.3, 0.4) is 0 Å². The first-order valence-electron chi connectivity index (χ1n) is 9.25. The number of para-hydroxylation sites is 1. The van der Waals surface area contributed by atoms with Crippen LogP contribution in [0.5, 0.6) is 11.5 Å². The molecule has 0 heterocycles. The molecule has 3 aromatic carbocycles. The van der Waals surface area contributed by atoms with Crippen molar-refractivity contribution in [2.24, 2.45) is 0 Å². The van der Waals surface area contributed by atoms with Gasteiger partial charge in [0.1, 0.15) is 4.90 Å². The van der Waals surface area contributed by atoms with Crippen LogP contribution in [0.1, 0.15) is 18.1 Å². The van der Waals surface area contributed by atoms with Crippen LogP contribution in [-0.2, 0) is 16.7 Å². The first kappa shape index (κ1) is 22.5. The van der Waals surface area contributed by atoms with Crippen LogP contribution in [0, 0.1) is 6.92 Å². The largest absolute Gasteiger partial charge is 0.490 e. The molecule has 30 heavy (non-hydrogen) atoms. The molecule has 0 unspecified atom stereocenters. The standard InChI is InChI=1S/C22H21BrClNO4S/c1-3-28-21-13-16(14-25-20-7-5-4-6-19(20)24)12-18(23)22(21)29-30(26,27)17-10-8-15(2)9-11-17/h4-13,25H,3,14H2,1-2H3. The molecule has 0 saturated heterocycles. The summed E-state index contributed by atoms with van der Waals surface area (Å²) in [5.74, 6) is 0.442. The van der Waals surface area contributed by atoms with Gasteiger partial charge in [-0.05, 0) is 71.7 Å². The lowest BCUT2D eigenvalue weighted by molar-refractivity contribution is 0.326. The SMILES string of the molecule is CCOc1cc(CNc2ccccc2Cl)cc(Br)c1OS(=O)(=O)c1ccc(C)cc1. The van der Waals surface area contributed by atoms with Crippen LogP contribution >= 0.6 is 27.5 Å². The van der Waals surface area contributed by atoms with E-state index in [9.17, 15) is 8.42 Å². The minimum Gasteiger partial charge on any atom is -0.490 e. The van der Waals surface area contributed by atoms with E-state index in [4.69, 9.17) is 20.5 Å². The fraction of sp³-hybridized carbons (Fsp3) is 0.182. The van der Waals surface area contributed by atoms with Crippen LogP contribution in [0.25, 0.3) is 0 Å². The lowest BCUT2D eigenvalue weighted by Gasteiger charge is -2.16. The fourth-order valence-electron chi connectivity index (χ4n) is 2.73. The maximum Gasteiger partial charge on any atom is 0.339 e. The summed E-state index contributed by atoms with van der Waals surface area (Å²) in [5, 5.41) is 3.87. The van der Waals surface area contributed by atoms with E-state index in [1.165, 1.54) is 12.1 Å². The van der Waals surface area contributed by atoms with Crippen molar-refractivity contribution in [1.82, 2.24) is 0 Å². The first-order chi connectivity index (χ1) is 14.3. The Labute approximate surface area is 190 Å². The highest BCUT2D eigenvalue weighted by Crippen LogP contribution is 2.39. The average Bonchev–Trinajstić information content (AvgIpc) is 2.70. The van der Waals surface area contributed by atoms with E-state index in [0.29, 0.717) is 28.4 Å². The third-order valence-electron chi connectivity index (χ3n) is 4.23. The van der Waals surface area contributed by atoms with Gasteiger partial charge in [0.2, 0.25) is 0 Å². The topological polar surface area (TPSA) is 64.6 Å².